The molecule has 1 aromatic carbocycles. The van der Waals surface area contributed by atoms with Gasteiger partial charge in [-0.05, 0) is 24.3 Å². The Labute approximate surface area is 144 Å². The Bertz CT molecular complexity index is 1070. The molecule has 0 saturated carbocycles. The lowest BCUT2D eigenvalue weighted by Gasteiger charge is -2.04. The maximum Gasteiger partial charge on any atom is 0.449 e. The second-order valence-corrected chi connectivity index (χ2v) is 5.73. The van der Waals surface area contributed by atoms with Crippen LogP contribution in [0.15, 0.2) is 48.9 Å². The van der Waals surface area contributed by atoms with Gasteiger partial charge in [-0.1, -0.05) is 23.7 Å². The zero-order chi connectivity index (χ0) is 17.6. The summed E-state index contributed by atoms with van der Waals surface area (Å²) in [4.78, 5) is 10.1. The number of nitrogens with zero attached hydrogens (tertiary/aromatic N) is 4. The van der Waals surface area contributed by atoms with E-state index in [0.717, 1.165) is 0 Å². The first kappa shape index (κ1) is 15.6. The lowest BCUT2D eigenvalue weighted by molar-refractivity contribution is -0.144. The molecule has 0 fully saturated rings. The van der Waals surface area contributed by atoms with Crippen LogP contribution in [0.1, 0.15) is 5.82 Å². The van der Waals surface area contributed by atoms with Crippen molar-refractivity contribution in [2.45, 2.75) is 6.18 Å². The number of fused-ring (bicyclic) bond motifs is 1. The Morgan fingerprint density at radius 3 is 2.68 bits per heavy atom. The maximum absolute atomic E-state index is 13.1. The molecule has 0 spiro atoms. The molecule has 0 unspecified atom stereocenters. The normalized spacial score (nSPS) is 12.0. The summed E-state index contributed by atoms with van der Waals surface area (Å²) in [6.45, 7) is 0. The molecule has 4 aromatic rings. The number of alkyl halides is 3. The van der Waals surface area contributed by atoms with Crippen molar-refractivity contribution in [1.82, 2.24) is 24.6 Å². The van der Waals surface area contributed by atoms with Gasteiger partial charge in [0, 0.05) is 22.3 Å². The Kier molecular flexibility index (Phi) is 3.50. The van der Waals surface area contributed by atoms with Gasteiger partial charge >= 0.3 is 6.18 Å². The Morgan fingerprint density at radius 2 is 1.92 bits per heavy atom. The van der Waals surface area contributed by atoms with E-state index in [-0.39, 0.29) is 11.4 Å². The van der Waals surface area contributed by atoms with Crippen molar-refractivity contribution >= 4 is 17.2 Å². The molecule has 0 amide bonds. The quantitative estimate of drug-likeness (QED) is 0.572. The van der Waals surface area contributed by atoms with Crippen LogP contribution in [0.2, 0.25) is 5.02 Å². The van der Waals surface area contributed by atoms with E-state index in [0.29, 0.717) is 21.8 Å². The highest BCUT2D eigenvalue weighted by Crippen LogP contribution is 2.36. The standard InChI is InChI=1S/C16H9ClF3N5/c17-11-3-1-2-9(6-11)13-14(24-15(23-13)16(18,19)20)10-4-5-12-21-8-22-25(12)7-10/h1-8H,(H,23,24). The van der Waals surface area contributed by atoms with E-state index in [1.54, 1.807) is 42.6 Å². The molecule has 0 aliphatic heterocycles. The number of aromatic amines is 1. The van der Waals surface area contributed by atoms with Gasteiger partial charge in [-0.15, -0.1) is 0 Å². The molecule has 1 N–H and O–H groups in total. The van der Waals surface area contributed by atoms with E-state index < -0.39 is 12.0 Å². The number of rotatable bonds is 2. The molecule has 0 saturated heterocycles. The third-order valence-corrected chi connectivity index (χ3v) is 3.87. The number of hydrogen-bond acceptors (Lipinski definition) is 3. The van der Waals surface area contributed by atoms with Gasteiger partial charge in [0.1, 0.15) is 6.33 Å². The number of benzene rings is 1. The van der Waals surface area contributed by atoms with Gasteiger partial charge in [0.25, 0.3) is 0 Å². The number of pyridine rings is 1. The molecule has 9 heteroatoms. The van der Waals surface area contributed by atoms with Crippen LogP contribution in [0.5, 0.6) is 0 Å². The molecule has 4 rings (SSSR count). The molecule has 25 heavy (non-hydrogen) atoms. The van der Waals surface area contributed by atoms with Crippen molar-refractivity contribution in [1.29, 1.82) is 0 Å². The van der Waals surface area contributed by atoms with Crippen LogP contribution in [-0.4, -0.2) is 24.6 Å². The molecule has 126 valence electrons. The van der Waals surface area contributed by atoms with Crippen LogP contribution in [0.25, 0.3) is 28.2 Å². The number of aromatic nitrogens is 5. The van der Waals surface area contributed by atoms with Crippen molar-refractivity contribution in [3.05, 3.63) is 59.8 Å². The average Bonchev–Trinajstić information content (AvgIpc) is 3.20. The average molecular weight is 364 g/mol. The third kappa shape index (κ3) is 2.85. The molecular formula is C16H9ClF3N5. The minimum atomic E-state index is -4.59. The van der Waals surface area contributed by atoms with Crippen molar-refractivity contribution in [2.75, 3.05) is 0 Å². The number of imidazole rings is 1. The molecule has 3 heterocycles. The van der Waals surface area contributed by atoms with E-state index in [1.807, 2.05) is 0 Å². The van der Waals surface area contributed by atoms with Gasteiger partial charge in [-0.2, -0.15) is 18.3 Å². The number of halogens is 4. The summed E-state index contributed by atoms with van der Waals surface area (Å²) in [5.74, 6) is -1.07. The van der Waals surface area contributed by atoms with Gasteiger partial charge in [0.2, 0.25) is 5.82 Å². The molecule has 0 aliphatic rings. The summed E-state index contributed by atoms with van der Waals surface area (Å²) >= 11 is 5.97. The number of nitrogens with one attached hydrogen (secondary N) is 1. The highest BCUT2D eigenvalue weighted by atomic mass is 35.5. The molecule has 0 aliphatic carbocycles. The first-order valence-electron chi connectivity index (χ1n) is 7.15. The van der Waals surface area contributed by atoms with Gasteiger partial charge in [-0.25, -0.2) is 14.5 Å². The number of hydrogen-bond donors (Lipinski definition) is 1. The third-order valence-electron chi connectivity index (χ3n) is 3.63. The molecule has 3 aromatic heterocycles. The summed E-state index contributed by atoms with van der Waals surface area (Å²) < 4.78 is 40.9. The topological polar surface area (TPSA) is 58.9 Å². The summed E-state index contributed by atoms with van der Waals surface area (Å²) in [7, 11) is 0. The minimum absolute atomic E-state index is 0.159. The minimum Gasteiger partial charge on any atom is -0.334 e. The van der Waals surface area contributed by atoms with Crippen LogP contribution in [0, 0.1) is 0 Å². The highest BCUT2D eigenvalue weighted by molar-refractivity contribution is 6.30. The van der Waals surface area contributed by atoms with Crippen LogP contribution < -0.4 is 0 Å². The van der Waals surface area contributed by atoms with Gasteiger partial charge < -0.3 is 4.98 Å². The van der Waals surface area contributed by atoms with Crippen LogP contribution in [-0.2, 0) is 6.18 Å². The van der Waals surface area contributed by atoms with Crippen molar-refractivity contribution in [3.63, 3.8) is 0 Å². The fraction of sp³-hybridized carbons (Fsp3) is 0.0625. The summed E-state index contributed by atoms with van der Waals surface area (Å²) in [5.41, 5.74) is 1.95. The molecular weight excluding hydrogens is 355 g/mol. The van der Waals surface area contributed by atoms with Crippen molar-refractivity contribution in [3.8, 4) is 22.5 Å². The first-order valence-corrected chi connectivity index (χ1v) is 7.52. The smallest absolute Gasteiger partial charge is 0.334 e. The predicted molar refractivity (Wildman–Crippen MR) is 86.0 cm³/mol. The van der Waals surface area contributed by atoms with Gasteiger partial charge in [0.05, 0.1) is 11.4 Å². The van der Waals surface area contributed by atoms with E-state index in [4.69, 9.17) is 11.6 Å². The van der Waals surface area contributed by atoms with Crippen LogP contribution in [0.4, 0.5) is 13.2 Å². The summed E-state index contributed by atoms with van der Waals surface area (Å²) in [6, 6.07) is 9.85. The Hall–Kier alpha value is -2.87. The zero-order valence-electron chi connectivity index (χ0n) is 12.4. The first-order chi connectivity index (χ1) is 11.9. The Morgan fingerprint density at radius 1 is 1.08 bits per heavy atom. The fourth-order valence-corrected chi connectivity index (χ4v) is 2.72. The monoisotopic (exact) mass is 363 g/mol. The molecule has 0 bridgehead atoms. The van der Waals surface area contributed by atoms with E-state index in [9.17, 15) is 13.2 Å². The second kappa shape index (κ2) is 5.59. The highest BCUT2D eigenvalue weighted by Gasteiger charge is 2.36. The van der Waals surface area contributed by atoms with Crippen LogP contribution in [0.3, 0.4) is 0 Å². The van der Waals surface area contributed by atoms with E-state index in [2.05, 4.69) is 20.1 Å². The zero-order valence-corrected chi connectivity index (χ0v) is 13.2. The maximum atomic E-state index is 13.1. The van der Waals surface area contributed by atoms with Gasteiger partial charge in [0.15, 0.2) is 5.65 Å². The SMILES string of the molecule is FC(F)(F)c1nc(-c2ccc3ncnn3c2)c(-c2cccc(Cl)c2)[nH]1. The second-order valence-electron chi connectivity index (χ2n) is 5.30. The van der Waals surface area contributed by atoms with Gasteiger partial charge in [-0.3, -0.25) is 0 Å². The molecule has 0 radical (unpaired) electrons. The van der Waals surface area contributed by atoms with E-state index in [1.165, 1.54) is 10.8 Å². The fourth-order valence-electron chi connectivity index (χ4n) is 2.53. The predicted octanol–water partition coefficient (Wildman–Crippen LogP) is 4.46. The Balaban J connectivity index is 1.94. The van der Waals surface area contributed by atoms with Crippen molar-refractivity contribution in [2.24, 2.45) is 0 Å². The lowest BCUT2D eigenvalue weighted by Crippen LogP contribution is -2.07. The summed E-state index contributed by atoms with van der Waals surface area (Å²) in [5, 5.41) is 4.42. The van der Waals surface area contributed by atoms with Crippen molar-refractivity contribution < 1.29 is 13.2 Å². The van der Waals surface area contributed by atoms with Crippen LogP contribution >= 0.6 is 11.6 Å². The lowest BCUT2D eigenvalue weighted by atomic mass is 10.1. The number of H-pyrrole nitrogens is 1. The summed E-state index contributed by atoms with van der Waals surface area (Å²) in [6.07, 6.45) is -1.65. The molecule has 5 nitrogen and oxygen atoms in total. The largest absolute Gasteiger partial charge is 0.449 e. The van der Waals surface area contributed by atoms with E-state index >= 15 is 0 Å². The molecule has 0 atom stereocenters.